The number of carbonyl (C=O) groups is 1. The monoisotopic (exact) mass is 238 g/mol. The highest BCUT2D eigenvalue weighted by molar-refractivity contribution is 6.45. The summed E-state index contributed by atoms with van der Waals surface area (Å²) in [6.07, 6.45) is 1.43. The van der Waals surface area contributed by atoms with Crippen molar-refractivity contribution in [2.75, 3.05) is 14.2 Å². The van der Waals surface area contributed by atoms with Gasteiger partial charge < -0.3 is 15.3 Å². The molecule has 0 aliphatic rings. The third kappa shape index (κ3) is 2.97. The van der Waals surface area contributed by atoms with Crippen molar-refractivity contribution < 1.29 is 14.7 Å². The number of hydrogen-bond acceptors (Lipinski definition) is 6. The van der Waals surface area contributed by atoms with Gasteiger partial charge in [-0.3, -0.25) is 4.79 Å². The summed E-state index contributed by atoms with van der Waals surface area (Å²) >= 11 is 0. The molecule has 0 unspecified atom stereocenters. The third-order valence-corrected chi connectivity index (χ3v) is 2.02. The molecule has 0 saturated carbocycles. The first-order valence-electron chi connectivity index (χ1n) is 4.91. The Morgan fingerprint density at radius 3 is 2.88 bits per heavy atom. The van der Waals surface area contributed by atoms with Crippen LogP contribution < -0.4 is 5.32 Å². The Kier molecular flexibility index (Phi) is 4.53. The lowest BCUT2D eigenvalue weighted by atomic mass is 10.1. The lowest BCUT2D eigenvalue weighted by Gasteiger charge is -2.08. The number of carbonyl (C=O) groups excluding carboxylic acids is 1. The van der Waals surface area contributed by atoms with Gasteiger partial charge in [0.15, 0.2) is 5.71 Å². The lowest BCUT2D eigenvalue weighted by Crippen LogP contribution is -2.30. The SMILES string of the molecule is CNC(=O)/C(=N/OC)c1cnc(C)nc1CO. The van der Waals surface area contributed by atoms with Crippen LogP contribution in [0.15, 0.2) is 11.4 Å². The fourth-order valence-electron chi connectivity index (χ4n) is 1.26. The zero-order valence-corrected chi connectivity index (χ0v) is 9.89. The fourth-order valence-corrected chi connectivity index (χ4v) is 1.26. The van der Waals surface area contributed by atoms with Crippen LogP contribution in [-0.4, -0.2) is 40.9 Å². The van der Waals surface area contributed by atoms with Gasteiger partial charge in [-0.2, -0.15) is 0 Å². The van der Waals surface area contributed by atoms with E-state index in [2.05, 4.69) is 25.3 Å². The van der Waals surface area contributed by atoms with Crippen molar-refractivity contribution in [2.45, 2.75) is 13.5 Å². The van der Waals surface area contributed by atoms with Crippen molar-refractivity contribution in [1.29, 1.82) is 0 Å². The number of nitrogens with zero attached hydrogens (tertiary/aromatic N) is 3. The summed E-state index contributed by atoms with van der Waals surface area (Å²) < 4.78 is 0. The second kappa shape index (κ2) is 5.90. The smallest absolute Gasteiger partial charge is 0.273 e. The first kappa shape index (κ1) is 13.0. The molecule has 0 fully saturated rings. The average Bonchev–Trinajstić information content (AvgIpc) is 2.35. The van der Waals surface area contributed by atoms with Crippen LogP contribution in [0.3, 0.4) is 0 Å². The van der Waals surface area contributed by atoms with Crippen molar-refractivity contribution in [1.82, 2.24) is 15.3 Å². The number of hydrogen-bond donors (Lipinski definition) is 2. The first-order chi connectivity index (χ1) is 8.13. The third-order valence-electron chi connectivity index (χ3n) is 2.02. The van der Waals surface area contributed by atoms with Gasteiger partial charge in [-0.15, -0.1) is 0 Å². The molecule has 0 radical (unpaired) electrons. The van der Waals surface area contributed by atoms with Crippen LogP contribution in [0.25, 0.3) is 0 Å². The maximum atomic E-state index is 11.6. The molecule has 0 bridgehead atoms. The Morgan fingerprint density at radius 1 is 1.65 bits per heavy atom. The molecule has 0 aliphatic heterocycles. The van der Waals surface area contributed by atoms with Gasteiger partial charge >= 0.3 is 0 Å². The van der Waals surface area contributed by atoms with Crippen LogP contribution >= 0.6 is 0 Å². The minimum Gasteiger partial charge on any atom is -0.398 e. The van der Waals surface area contributed by atoms with Gasteiger partial charge in [-0.05, 0) is 6.92 Å². The maximum Gasteiger partial charge on any atom is 0.273 e. The van der Waals surface area contributed by atoms with E-state index in [1.165, 1.54) is 20.4 Å². The molecule has 1 heterocycles. The molecule has 0 aliphatic carbocycles. The van der Waals surface area contributed by atoms with Crippen LogP contribution in [0.1, 0.15) is 17.1 Å². The number of oxime groups is 1. The molecule has 92 valence electrons. The molecule has 0 saturated heterocycles. The summed E-state index contributed by atoms with van der Waals surface area (Å²) in [5.74, 6) is 0.0699. The van der Waals surface area contributed by atoms with E-state index in [-0.39, 0.29) is 12.3 Å². The van der Waals surface area contributed by atoms with Gasteiger partial charge in [0.1, 0.15) is 12.9 Å². The second-order valence-corrected chi connectivity index (χ2v) is 3.14. The van der Waals surface area contributed by atoms with E-state index in [4.69, 9.17) is 0 Å². The molecule has 0 spiro atoms. The summed E-state index contributed by atoms with van der Waals surface area (Å²) in [7, 11) is 2.80. The molecule has 7 nitrogen and oxygen atoms in total. The Bertz CT molecular complexity index is 445. The summed E-state index contributed by atoms with van der Waals surface area (Å²) in [6, 6.07) is 0. The highest BCUT2D eigenvalue weighted by Crippen LogP contribution is 2.08. The Morgan fingerprint density at radius 2 is 2.35 bits per heavy atom. The first-order valence-corrected chi connectivity index (χ1v) is 4.91. The predicted molar refractivity (Wildman–Crippen MR) is 60.3 cm³/mol. The maximum absolute atomic E-state index is 11.6. The second-order valence-electron chi connectivity index (χ2n) is 3.14. The zero-order chi connectivity index (χ0) is 12.8. The zero-order valence-electron chi connectivity index (χ0n) is 9.89. The largest absolute Gasteiger partial charge is 0.398 e. The molecule has 0 aromatic carbocycles. The number of amides is 1. The Hall–Kier alpha value is -2.02. The van der Waals surface area contributed by atoms with E-state index >= 15 is 0 Å². The van der Waals surface area contributed by atoms with Crippen LogP contribution in [0, 0.1) is 6.92 Å². The number of likely N-dealkylation sites (N-methyl/N-ethyl adjacent to an activating group) is 1. The minimum atomic E-state index is -0.436. The number of nitrogens with one attached hydrogen (secondary N) is 1. The van der Waals surface area contributed by atoms with E-state index in [0.717, 1.165) is 0 Å². The number of aryl methyl sites for hydroxylation is 1. The van der Waals surface area contributed by atoms with Gasteiger partial charge in [-0.1, -0.05) is 5.16 Å². The number of rotatable bonds is 4. The van der Waals surface area contributed by atoms with Crippen molar-refractivity contribution in [3.8, 4) is 0 Å². The normalized spacial score (nSPS) is 11.2. The molecule has 1 amide bonds. The van der Waals surface area contributed by atoms with Gasteiger partial charge in [0, 0.05) is 13.2 Å². The molecule has 0 atom stereocenters. The van der Waals surface area contributed by atoms with Crippen molar-refractivity contribution in [3.63, 3.8) is 0 Å². The molecular weight excluding hydrogens is 224 g/mol. The summed E-state index contributed by atoms with van der Waals surface area (Å²) in [6.45, 7) is 1.38. The highest BCUT2D eigenvalue weighted by atomic mass is 16.6. The lowest BCUT2D eigenvalue weighted by molar-refractivity contribution is -0.114. The van der Waals surface area contributed by atoms with Gasteiger partial charge in [0.05, 0.1) is 17.9 Å². The Balaban J connectivity index is 3.28. The Labute approximate surface area is 98.5 Å². The molecule has 2 N–H and O–H groups in total. The van der Waals surface area contributed by atoms with Crippen LogP contribution in [0.5, 0.6) is 0 Å². The van der Waals surface area contributed by atoms with Crippen molar-refractivity contribution in [3.05, 3.63) is 23.3 Å². The number of aliphatic hydroxyl groups excluding tert-OH is 1. The molecule has 17 heavy (non-hydrogen) atoms. The molecule has 1 aromatic heterocycles. The van der Waals surface area contributed by atoms with Crippen LogP contribution in [0.4, 0.5) is 0 Å². The molecule has 7 heteroatoms. The van der Waals surface area contributed by atoms with Gasteiger partial charge in [0.2, 0.25) is 0 Å². The summed E-state index contributed by atoms with van der Waals surface area (Å²) in [4.78, 5) is 24.2. The molecule has 1 rings (SSSR count). The highest BCUT2D eigenvalue weighted by Gasteiger charge is 2.18. The van der Waals surface area contributed by atoms with E-state index in [0.29, 0.717) is 17.1 Å². The summed E-state index contributed by atoms with van der Waals surface area (Å²) in [5.41, 5.74) is 0.704. The molecular formula is C10H14N4O3. The van der Waals surface area contributed by atoms with E-state index in [9.17, 15) is 9.90 Å². The van der Waals surface area contributed by atoms with Crippen LogP contribution in [-0.2, 0) is 16.2 Å². The minimum absolute atomic E-state index is 0.0269. The van der Waals surface area contributed by atoms with Crippen molar-refractivity contribution >= 4 is 11.6 Å². The quantitative estimate of drug-likeness (QED) is 0.538. The van der Waals surface area contributed by atoms with E-state index in [1.807, 2.05) is 0 Å². The van der Waals surface area contributed by atoms with Gasteiger partial charge in [-0.25, -0.2) is 9.97 Å². The predicted octanol–water partition coefficient (Wildman–Crippen LogP) is -0.626. The molecule has 1 aromatic rings. The fraction of sp³-hybridized carbons (Fsp3) is 0.400. The van der Waals surface area contributed by atoms with Crippen molar-refractivity contribution in [2.24, 2.45) is 5.16 Å². The van der Waals surface area contributed by atoms with Gasteiger partial charge in [0.25, 0.3) is 5.91 Å². The average molecular weight is 238 g/mol. The number of aliphatic hydroxyl groups is 1. The van der Waals surface area contributed by atoms with Crippen LogP contribution in [0.2, 0.25) is 0 Å². The topological polar surface area (TPSA) is 96.7 Å². The van der Waals surface area contributed by atoms with E-state index in [1.54, 1.807) is 6.92 Å². The van der Waals surface area contributed by atoms with E-state index < -0.39 is 5.91 Å². The summed E-state index contributed by atoms with van der Waals surface area (Å²) in [5, 5.41) is 15.2. The standard InChI is InChI=1S/C10H14N4O3/c1-6-12-4-7(8(5-15)13-6)9(14-17-3)10(16)11-2/h4,15H,5H2,1-3H3,(H,11,16)/b14-9+. The number of aromatic nitrogens is 2.